The molecule has 0 atom stereocenters. The molecule has 1 fully saturated rings. The number of nitrogens with zero attached hydrogens (tertiary/aromatic N) is 2. The number of piperazine rings is 1. The smallest absolute Gasteiger partial charge is 0.260 e. The van der Waals surface area contributed by atoms with Gasteiger partial charge in [-0.1, -0.05) is 26.0 Å². The van der Waals surface area contributed by atoms with E-state index in [4.69, 9.17) is 0 Å². The molecule has 2 heterocycles. The molecule has 0 radical (unpaired) electrons. The molecule has 28 heavy (non-hydrogen) atoms. The summed E-state index contributed by atoms with van der Waals surface area (Å²) in [4.78, 5) is 29.0. The number of pyridine rings is 1. The minimum atomic E-state index is -3.60. The van der Waals surface area contributed by atoms with Crippen molar-refractivity contribution < 1.29 is 13.2 Å². The Hall–Kier alpha value is -2.45. The standard InChI is InChI=1S/C20H25N3O4S/c1-14(2)16-5-7-17(8-6-16)28(26,27)23-12-10-22(11-13-23)20(25)18-9-4-15(3)21-19(18)24/h4-9,14H,10-13H2,1-3H3,(H,21,24). The molecule has 8 heteroatoms. The molecule has 0 bridgehead atoms. The summed E-state index contributed by atoms with van der Waals surface area (Å²) >= 11 is 0. The molecule has 1 amide bonds. The van der Waals surface area contributed by atoms with Crippen LogP contribution in [0.1, 0.15) is 41.4 Å². The van der Waals surface area contributed by atoms with Gasteiger partial charge in [-0.15, -0.1) is 0 Å². The maximum Gasteiger partial charge on any atom is 0.260 e. The van der Waals surface area contributed by atoms with Crippen molar-refractivity contribution >= 4 is 15.9 Å². The molecule has 0 aliphatic carbocycles. The minimum absolute atomic E-state index is 0.0752. The summed E-state index contributed by atoms with van der Waals surface area (Å²) in [5.74, 6) is -0.0455. The molecular weight excluding hydrogens is 378 g/mol. The van der Waals surface area contributed by atoms with Crippen molar-refractivity contribution in [3.8, 4) is 0 Å². The van der Waals surface area contributed by atoms with E-state index in [2.05, 4.69) is 18.8 Å². The zero-order chi connectivity index (χ0) is 20.5. The highest BCUT2D eigenvalue weighted by Gasteiger charge is 2.31. The molecule has 1 aromatic heterocycles. The first-order valence-corrected chi connectivity index (χ1v) is 10.7. The van der Waals surface area contributed by atoms with Crippen molar-refractivity contribution in [2.75, 3.05) is 26.2 Å². The number of hydrogen-bond donors (Lipinski definition) is 1. The number of amides is 1. The van der Waals surface area contributed by atoms with E-state index in [0.717, 1.165) is 5.56 Å². The van der Waals surface area contributed by atoms with Crippen LogP contribution >= 0.6 is 0 Å². The SMILES string of the molecule is Cc1ccc(C(=O)N2CCN(S(=O)(=O)c3ccc(C(C)C)cc3)CC2)c(=O)[nH]1. The fourth-order valence-corrected chi connectivity index (χ4v) is 4.64. The van der Waals surface area contributed by atoms with Gasteiger partial charge in [-0.3, -0.25) is 9.59 Å². The Bertz CT molecular complexity index is 1020. The summed E-state index contributed by atoms with van der Waals surface area (Å²) in [6.45, 7) is 6.74. The molecule has 2 aromatic rings. The number of H-pyrrole nitrogens is 1. The van der Waals surface area contributed by atoms with Gasteiger partial charge in [0.15, 0.2) is 0 Å². The lowest BCUT2D eigenvalue weighted by Gasteiger charge is -2.34. The van der Waals surface area contributed by atoms with Gasteiger partial charge in [0.1, 0.15) is 5.56 Å². The third-order valence-electron chi connectivity index (χ3n) is 5.00. The molecule has 0 saturated carbocycles. The van der Waals surface area contributed by atoms with Crippen molar-refractivity contribution in [2.45, 2.75) is 31.6 Å². The third-order valence-corrected chi connectivity index (χ3v) is 6.91. The number of rotatable bonds is 4. The highest BCUT2D eigenvalue weighted by atomic mass is 32.2. The second-order valence-corrected chi connectivity index (χ2v) is 9.24. The second-order valence-electron chi connectivity index (χ2n) is 7.30. The number of hydrogen-bond acceptors (Lipinski definition) is 4. The molecule has 1 saturated heterocycles. The van der Waals surface area contributed by atoms with Crippen molar-refractivity contribution in [2.24, 2.45) is 0 Å². The maximum atomic E-state index is 12.9. The summed E-state index contributed by atoms with van der Waals surface area (Å²) in [7, 11) is -3.60. The van der Waals surface area contributed by atoms with Gasteiger partial charge in [-0.2, -0.15) is 4.31 Å². The van der Waals surface area contributed by atoms with E-state index in [0.29, 0.717) is 11.6 Å². The van der Waals surface area contributed by atoms with E-state index >= 15 is 0 Å². The van der Waals surface area contributed by atoms with Crippen molar-refractivity contribution in [3.63, 3.8) is 0 Å². The Morgan fingerprint density at radius 1 is 1.00 bits per heavy atom. The van der Waals surface area contributed by atoms with Crippen molar-refractivity contribution in [1.82, 2.24) is 14.2 Å². The molecule has 1 aliphatic rings. The third kappa shape index (κ3) is 4.02. The molecule has 7 nitrogen and oxygen atoms in total. The lowest BCUT2D eigenvalue weighted by atomic mass is 10.0. The summed E-state index contributed by atoms with van der Waals surface area (Å²) in [5.41, 5.74) is 1.41. The van der Waals surface area contributed by atoms with Crippen LogP contribution in [0, 0.1) is 6.92 Å². The largest absolute Gasteiger partial charge is 0.336 e. The molecule has 0 unspecified atom stereocenters. The van der Waals surface area contributed by atoms with Gasteiger partial charge >= 0.3 is 0 Å². The summed E-state index contributed by atoms with van der Waals surface area (Å²) < 4.78 is 27.1. The van der Waals surface area contributed by atoms with Crippen LogP contribution in [0.25, 0.3) is 0 Å². The fourth-order valence-electron chi connectivity index (χ4n) is 3.22. The highest BCUT2D eigenvalue weighted by molar-refractivity contribution is 7.89. The first-order chi connectivity index (χ1) is 13.2. The molecule has 1 aromatic carbocycles. The summed E-state index contributed by atoms with van der Waals surface area (Å²) in [6, 6.07) is 10.1. The number of benzene rings is 1. The molecule has 0 spiro atoms. The number of aromatic amines is 1. The molecule has 3 rings (SSSR count). The van der Waals surface area contributed by atoms with Gasteiger partial charge in [-0.05, 0) is 42.7 Å². The van der Waals surface area contributed by atoms with E-state index in [9.17, 15) is 18.0 Å². The predicted octanol–water partition coefficient (Wildman–Crippen LogP) is 1.95. The zero-order valence-corrected chi connectivity index (χ0v) is 17.1. The van der Waals surface area contributed by atoms with Gasteiger partial charge in [0.2, 0.25) is 10.0 Å². The van der Waals surface area contributed by atoms with E-state index in [-0.39, 0.29) is 42.5 Å². The minimum Gasteiger partial charge on any atom is -0.336 e. The lowest BCUT2D eigenvalue weighted by Crippen LogP contribution is -2.51. The maximum absolute atomic E-state index is 12.9. The molecule has 1 aliphatic heterocycles. The van der Waals surface area contributed by atoms with Gasteiger partial charge in [0.25, 0.3) is 11.5 Å². The second kappa shape index (κ2) is 7.89. The van der Waals surface area contributed by atoms with Crippen molar-refractivity contribution in [1.29, 1.82) is 0 Å². The van der Waals surface area contributed by atoms with Gasteiger partial charge in [0, 0.05) is 31.9 Å². The summed E-state index contributed by atoms with van der Waals surface area (Å²) in [6.07, 6.45) is 0. The van der Waals surface area contributed by atoms with Crippen molar-refractivity contribution in [3.05, 3.63) is 63.6 Å². The highest BCUT2D eigenvalue weighted by Crippen LogP contribution is 2.21. The van der Waals surface area contributed by atoms with E-state index in [1.54, 1.807) is 25.1 Å². The topological polar surface area (TPSA) is 90.6 Å². The average Bonchev–Trinajstić information content (AvgIpc) is 2.67. The molecular formula is C20H25N3O4S. The normalized spacial score (nSPS) is 15.8. The van der Waals surface area contributed by atoms with Gasteiger partial charge in [-0.25, -0.2) is 8.42 Å². The van der Waals surface area contributed by atoms with Crippen LogP contribution in [0.15, 0.2) is 46.1 Å². The first-order valence-electron chi connectivity index (χ1n) is 9.29. The fraction of sp³-hybridized carbons (Fsp3) is 0.400. The Balaban J connectivity index is 1.70. The Morgan fingerprint density at radius 3 is 2.14 bits per heavy atom. The van der Waals surface area contributed by atoms with E-state index in [1.165, 1.54) is 15.3 Å². The number of carbonyl (C=O) groups is 1. The van der Waals surface area contributed by atoms with Crippen LogP contribution in [0.3, 0.4) is 0 Å². The number of sulfonamides is 1. The monoisotopic (exact) mass is 403 g/mol. The number of aryl methyl sites for hydroxylation is 1. The van der Waals surface area contributed by atoms with E-state index < -0.39 is 15.6 Å². The number of carbonyl (C=O) groups excluding carboxylic acids is 1. The van der Waals surface area contributed by atoms with Crippen LogP contribution in [-0.2, 0) is 10.0 Å². The van der Waals surface area contributed by atoms with Crippen LogP contribution in [0.2, 0.25) is 0 Å². The Morgan fingerprint density at radius 2 is 1.61 bits per heavy atom. The number of aromatic nitrogens is 1. The molecule has 150 valence electrons. The first kappa shape index (κ1) is 20.3. The number of nitrogens with one attached hydrogen (secondary N) is 1. The Kier molecular flexibility index (Phi) is 5.71. The van der Waals surface area contributed by atoms with Crippen LogP contribution in [0.5, 0.6) is 0 Å². The quantitative estimate of drug-likeness (QED) is 0.845. The van der Waals surface area contributed by atoms with Gasteiger partial charge in [0.05, 0.1) is 4.90 Å². The lowest BCUT2D eigenvalue weighted by molar-refractivity contribution is 0.0696. The van der Waals surface area contributed by atoms with Gasteiger partial charge < -0.3 is 9.88 Å². The molecule has 1 N–H and O–H groups in total. The zero-order valence-electron chi connectivity index (χ0n) is 16.3. The Labute approximate surface area is 165 Å². The average molecular weight is 404 g/mol. The summed E-state index contributed by atoms with van der Waals surface area (Å²) in [5, 5.41) is 0. The van der Waals surface area contributed by atoms with Crippen LogP contribution in [-0.4, -0.2) is 54.7 Å². The predicted molar refractivity (Wildman–Crippen MR) is 107 cm³/mol. The van der Waals surface area contributed by atoms with Crippen LogP contribution < -0.4 is 5.56 Å². The van der Waals surface area contributed by atoms with Crippen LogP contribution in [0.4, 0.5) is 0 Å². The van der Waals surface area contributed by atoms with E-state index in [1.807, 2.05) is 12.1 Å².